The standard InChI is InChI=1S/C16H22N2O2/c19-10-11-4-3-7-14(11)18-16(20)8-12-9-17-15-6-2-1-5-13(12)15/h1-2,5-6,11-12,14,17,19H,3-4,7-10H2,(H,18,20). The lowest BCUT2D eigenvalue weighted by atomic mass is 9.97. The van der Waals surface area contributed by atoms with E-state index in [9.17, 15) is 9.90 Å². The van der Waals surface area contributed by atoms with E-state index in [0.29, 0.717) is 6.42 Å². The van der Waals surface area contributed by atoms with Crippen LogP contribution in [0.25, 0.3) is 0 Å². The number of carbonyl (C=O) groups is 1. The molecule has 3 unspecified atom stereocenters. The second kappa shape index (κ2) is 5.83. The number of hydrogen-bond acceptors (Lipinski definition) is 3. The minimum absolute atomic E-state index is 0.110. The molecule has 1 aromatic carbocycles. The average molecular weight is 274 g/mol. The first-order valence-corrected chi connectivity index (χ1v) is 7.51. The highest BCUT2D eigenvalue weighted by molar-refractivity contribution is 5.78. The maximum atomic E-state index is 12.2. The largest absolute Gasteiger partial charge is 0.396 e. The molecule has 0 saturated heterocycles. The Morgan fingerprint density at radius 3 is 3.05 bits per heavy atom. The van der Waals surface area contributed by atoms with Crippen molar-refractivity contribution in [3.63, 3.8) is 0 Å². The minimum Gasteiger partial charge on any atom is -0.396 e. The number of hydrogen-bond donors (Lipinski definition) is 3. The first-order valence-electron chi connectivity index (χ1n) is 7.51. The summed E-state index contributed by atoms with van der Waals surface area (Å²) < 4.78 is 0. The fourth-order valence-corrected chi connectivity index (χ4v) is 3.47. The molecule has 2 aliphatic rings. The number of benzene rings is 1. The highest BCUT2D eigenvalue weighted by Gasteiger charge is 2.29. The van der Waals surface area contributed by atoms with Crippen molar-refractivity contribution < 1.29 is 9.90 Å². The number of rotatable bonds is 4. The zero-order chi connectivity index (χ0) is 13.9. The highest BCUT2D eigenvalue weighted by Crippen LogP contribution is 2.33. The quantitative estimate of drug-likeness (QED) is 0.785. The first kappa shape index (κ1) is 13.4. The molecule has 0 radical (unpaired) electrons. The summed E-state index contributed by atoms with van der Waals surface area (Å²) in [7, 11) is 0. The van der Waals surface area contributed by atoms with Crippen molar-refractivity contribution in [2.75, 3.05) is 18.5 Å². The third kappa shape index (κ3) is 2.66. The van der Waals surface area contributed by atoms with Crippen LogP contribution in [0.2, 0.25) is 0 Å². The normalized spacial score (nSPS) is 27.9. The summed E-state index contributed by atoms with van der Waals surface area (Å²) in [4.78, 5) is 12.2. The van der Waals surface area contributed by atoms with Gasteiger partial charge in [-0.2, -0.15) is 0 Å². The van der Waals surface area contributed by atoms with Gasteiger partial charge in [-0.05, 0) is 24.5 Å². The van der Waals surface area contributed by atoms with Crippen LogP contribution in [-0.4, -0.2) is 30.2 Å². The van der Waals surface area contributed by atoms with Gasteiger partial charge in [0.25, 0.3) is 0 Å². The molecule has 4 heteroatoms. The molecule has 1 saturated carbocycles. The molecule has 4 nitrogen and oxygen atoms in total. The fourth-order valence-electron chi connectivity index (χ4n) is 3.47. The number of carbonyl (C=O) groups excluding carboxylic acids is 1. The summed E-state index contributed by atoms with van der Waals surface area (Å²) in [5, 5.41) is 15.8. The Hall–Kier alpha value is -1.55. The predicted octanol–water partition coefficient (Wildman–Crippen LogP) is 1.86. The van der Waals surface area contributed by atoms with Crippen LogP contribution in [0.3, 0.4) is 0 Å². The molecule has 20 heavy (non-hydrogen) atoms. The molecule has 1 heterocycles. The molecule has 0 aromatic heterocycles. The summed E-state index contributed by atoms with van der Waals surface area (Å²) in [5.74, 6) is 0.618. The fraction of sp³-hybridized carbons (Fsp3) is 0.562. The van der Waals surface area contributed by atoms with E-state index in [1.165, 1.54) is 5.56 Å². The zero-order valence-electron chi connectivity index (χ0n) is 11.6. The van der Waals surface area contributed by atoms with Gasteiger partial charge < -0.3 is 15.7 Å². The molecule has 3 N–H and O–H groups in total. The molecule has 1 fully saturated rings. The topological polar surface area (TPSA) is 61.4 Å². The molecule has 0 bridgehead atoms. The van der Waals surface area contributed by atoms with Crippen LogP contribution in [0, 0.1) is 5.92 Å². The molecule has 108 valence electrons. The minimum atomic E-state index is 0.110. The van der Waals surface area contributed by atoms with Gasteiger partial charge in [0.2, 0.25) is 5.91 Å². The van der Waals surface area contributed by atoms with Crippen molar-refractivity contribution in [2.45, 2.75) is 37.6 Å². The summed E-state index contributed by atoms with van der Waals surface area (Å²) in [6.07, 6.45) is 3.65. The van der Waals surface area contributed by atoms with Gasteiger partial charge in [0.15, 0.2) is 0 Å². The van der Waals surface area contributed by atoms with Gasteiger partial charge in [-0.25, -0.2) is 0 Å². The van der Waals surface area contributed by atoms with Gasteiger partial charge in [-0.3, -0.25) is 4.79 Å². The number of aliphatic hydroxyl groups is 1. The Labute approximate surface area is 119 Å². The molecular formula is C16H22N2O2. The second-order valence-electron chi connectivity index (χ2n) is 5.92. The number of amides is 1. The van der Waals surface area contributed by atoms with Crippen LogP contribution >= 0.6 is 0 Å². The zero-order valence-corrected chi connectivity index (χ0v) is 11.6. The highest BCUT2D eigenvalue weighted by atomic mass is 16.3. The van der Waals surface area contributed by atoms with Crippen LogP contribution in [0.4, 0.5) is 5.69 Å². The van der Waals surface area contributed by atoms with Gasteiger partial charge >= 0.3 is 0 Å². The Balaban J connectivity index is 1.58. The van der Waals surface area contributed by atoms with Gasteiger partial charge in [-0.15, -0.1) is 0 Å². The lowest BCUT2D eigenvalue weighted by Gasteiger charge is -2.20. The maximum absolute atomic E-state index is 12.2. The van der Waals surface area contributed by atoms with Crippen molar-refractivity contribution in [1.29, 1.82) is 0 Å². The summed E-state index contributed by atoms with van der Waals surface area (Å²) in [5.41, 5.74) is 2.40. The van der Waals surface area contributed by atoms with Crippen molar-refractivity contribution in [3.8, 4) is 0 Å². The molecule has 3 atom stereocenters. The number of nitrogens with one attached hydrogen (secondary N) is 2. The Morgan fingerprint density at radius 1 is 1.35 bits per heavy atom. The van der Waals surface area contributed by atoms with Crippen LogP contribution in [0.1, 0.15) is 37.2 Å². The van der Waals surface area contributed by atoms with E-state index < -0.39 is 0 Å². The van der Waals surface area contributed by atoms with E-state index in [1.54, 1.807) is 0 Å². The van der Waals surface area contributed by atoms with E-state index in [-0.39, 0.29) is 30.4 Å². The van der Waals surface area contributed by atoms with Crippen LogP contribution in [0.5, 0.6) is 0 Å². The van der Waals surface area contributed by atoms with Crippen molar-refractivity contribution in [2.24, 2.45) is 5.92 Å². The van der Waals surface area contributed by atoms with Gasteiger partial charge in [0, 0.05) is 43.1 Å². The van der Waals surface area contributed by atoms with Crippen LogP contribution in [0.15, 0.2) is 24.3 Å². The van der Waals surface area contributed by atoms with E-state index in [0.717, 1.165) is 31.5 Å². The van der Waals surface area contributed by atoms with E-state index in [1.807, 2.05) is 12.1 Å². The summed E-state index contributed by atoms with van der Waals surface area (Å²) in [6, 6.07) is 8.36. The van der Waals surface area contributed by atoms with Crippen LogP contribution in [-0.2, 0) is 4.79 Å². The smallest absolute Gasteiger partial charge is 0.220 e. The second-order valence-corrected chi connectivity index (χ2v) is 5.92. The average Bonchev–Trinajstić information content (AvgIpc) is 3.06. The monoisotopic (exact) mass is 274 g/mol. The number of aliphatic hydroxyl groups excluding tert-OH is 1. The number of fused-ring (bicyclic) bond motifs is 1. The van der Waals surface area contributed by atoms with Crippen LogP contribution < -0.4 is 10.6 Å². The summed E-state index contributed by atoms with van der Waals surface area (Å²) >= 11 is 0. The molecule has 0 spiro atoms. The van der Waals surface area contributed by atoms with Crippen molar-refractivity contribution in [3.05, 3.63) is 29.8 Å². The molecular weight excluding hydrogens is 252 g/mol. The Kier molecular flexibility index (Phi) is 3.92. The Bertz CT molecular complexity index is 489. The first-order chi connectivity index (χ1) is 9.78. The summed E-state index contributed by atoms with van der Waals surface area (Å²) in [6.45, 7) is 1.01. The van der Waals surface area contributed by atoms with Crippen molar-refractivity contribution >= 4 is 11.6 Å². The molecule has 1 aliphatic carbocycles. The van der Waals surface area contributed by atoms with Crippen molar-refractivity contribution in [1.82, 2.24) is 5.32 Å². The lowest BCUT2D eigenvalue weighted by molar-refractivity contribution is -0.122. The molecule has 3 rings (SSSR count). The van der Waals surface area contributed by atoms with Gasteiger partial charge in [-0.1, -0.05) is 24.6 Å². The molecule has 1 aromatic rings. The van der Waals surface area contributed by atoms with E-state index in [2.05, 4.69) is 22.8 Å². The third-order valence-electron chi connectivity index (χ3n) is 4.61. The number of para-hydroxylation sites is 1. The Morgan fingerprint density at radius 2 is 2.20 bits per heavy atom. The number of anilines is 1. The lowest BCUT2D eigenvalue weighted by Crippen LogP contribution is -2.39. The van der Waals surface area contributed by atoms with E-state index >= 15 is 0 Å². The van der Waals surface area contributed by atoms with Gasteiger partial charge in [0.1, 0.15) is 0 Å². The molecule has 1 amide bonds. The SMILES string of the molecule is O=C(CC1CNc2ccccc21)NC1CCCC1CO. The van der Waals surface area contributed by atoms with E-state index in [4.69, 9.17) is 0 Å². The molecule has 1 aliphatic heterocycles. The van der Waals surface area contributed by atoms with Gasteiger partial charge in [0.05, 0.1) is 0 Å². The third-order valence-corrected chi connectivity index (χ3v) is 4.61. The predicted molar refractivity (Wildman–Crippen MR) is 78.6 cm³/mol. The maximum Gasteiger partial charge on any atom is 0.220 e.